The Morgan fingerprint density at radius 2 is 1.93 bits per heavy atom. The van der Waals surface area contributed by atoms with Crippen LogP contribution in [0.25, 0.3) is 0 Å². The molecule has 1 unspecified atom stereocenters. The van der Waals surface area contributed by atoms with Gasteiger partial charge in [0.1, 0.15) is 5.78 Å². The topological polar surface area (TPSA) is 37.3 Å². The number of hydrogen-bond donors (Lipinski definition) is 1. The third kappa shape index (κ3) is 2.89. The number of ketones is 1. The van der Waals surface area contributed by atoms with Crippen molar-refractivity contribution >= 4 is 5.78 Å². The van der Waals surface area contributed by atoms with Crippen molar-refractivity contribution in [3.63, 3.8) is 0 Å². The fraction of sp³-hybridized carbons (Fsp3) is 0.808. The van der Waals surface area contributed by atoms with Crippen LogP contribution in [-0.2, 0) is 4.79 Å². The summed E-state index contributed by atoms with van der Waals surface area (Å²) in [4.78, 5) is 12.0. The average Bonchev–Trinajstić information content (AvgIpc) is 3.04. The lowest BCUT2D eigenvalue weighted by molar-refractivity contribution is -0.122. The zero-order valence-corrected chi connectivity index (χ0v) is 18.4. The highest BCUT2D eigenvalue weighted by molar-refractivity contribution is 5.82. The van der Waals surface area contributed by atoms with E-state index in [9.17, 15) is 9.90 Å². The maximum atomic E-state index is 12.0. The number of carbonyl (C=O) groups is 1. The summed E-state index contributed by atoms with van der Waals surface area (Å²) in [6, 6.07) is 0. The van der Waals surface area contributed by atoms with Crippen molar-refractivity contribution in [2.24, 2.45) is 46.3 Å². The van der Waals surface area contributed by atoms with E-state index in [0.717, 1.165) is 30.6 Å². The first-order chi connectivity index (χ1) is 13.2. The van der Waals surface area contributed by atoms with E-state index in [-0.39, 0.29) is 17.4 Å². The Kier molecular flexibility index (Phi) is 5.18. The average molecular weight is 385 g/mol. The molecule has 0 bridgehead atoms. The first-order valence-corrected chi connectivity index (χ1v) is 11.7. The molecule has 0 aromatic rings. The van der Waals surface area contributed by atoms with Crippen molar-refractivity contribution in [2.45, 2.75) is 85.2 Å². The van der Waals surface area contributed by atoms with Crippen LogP contribution in [0.2, 0.25) is 0 Å². The van der Waals surface area contributed by atoms with E-state index in [1.807, 2.05) is 6.08 Å². The Balaban J connectivity index is 1.58. The van der Waals surface area contributed by atoms with Gasteiger partial charge in [-0.05, 0) is 84.9 Å². The summed E-state index contributed by atoms with van der Waals surface area (Å²) in [6.07, 6.45) is 13.0. The molecule has 0 heterocycles. The highest BCUT2D eigenvalue weighted by Crippen LogP contribution is 2.67. The van der Waals surface area contributed by atoms with Crippen LogP contribution >= 0.6 is 0 Å². The molecule has 4 rings (SSSR count). The largest absolute Gasteiger partial charge is 0.392 e. The minimum absolute atomic E-state index is 0.160. The molecule has 3 fully saturated rings. The second-order valence-electron chi connectivity index (χ2n) is 11.1. The van der Waals surface area contributed by atoms with E-state index in [1.165, 1.54) is 37.7 Å². The third-order valence-electron chi connectivity index (χ3n) is 10.1. The van der Waals surface area contributed by atoms with Gasteiger partial charge in [0.25, 0.3) is 0 Å². The van der Waals surface area contributed by atoms with Crippen molar-refractivity contribution in [3.8, 4) is 0 Å². The Morgan fingerprint density at radius 1 is 1.18 bits per heavy atom. The van der Waals surface area contributed by atoms with Crippen LogP contribution in [0, 0.1) is 46.3 Å². The van der Waals surface area contributed by atoms with Crippen molar-refractivity contribution in [1.82, 2.24) is 0 Å². The lowest BCUT2D eigenvalue weighted by Crippen LogP contribution is -2.51. The highest BCUT2D eigenvalue weighted by Gasteiger charge is 2.59. The molecular formula is C26H40O2. The molecule has 28 heavy (non-hydrogen) atoms. The number of Topliss-reactive ketones (excluding diaryl/α,β-unsaturated/α-hetero) is 1. The van der Waals surface area contributed by atoms with Gasteiger partial charge in [0, 0.05) is 12.8 Å². The summed E-state index contributed by atoms with van der Waals surface area (Å²) in [5, 5.41) is 10.9. The molecule has 9 atom stereocenters. The molecule has 2 heteroatoms. The molecule has 0 spiro atoms. The van der Waals surface area contributed by atoms with E-state index in [4.69, 9.17) is 0 Å². The summed E-state index contributed by atoms with van der Waals surface area (Å²) in [7, 11) is 0. The summed E-state index contributed by atoms with van der Waals surface area (Å²) < 4.78 is 0. The van der Waals surface area contributed by atoms with Gasteiger partial charge in [-0.25, -0.2) is 0 Å². The number of aliphatic hydroxyl groups excluding tert-OH is 1. The smallest absolute Gasteiger partial charge is 0.136 e. The minimum atomic E-state index is -0.282. The van der Waals surface area contributed by atoms with Crippen molar-refractivity contribution < 1.29 is 9.90 Å². The summed E-state index contributed by atoms with van der Waals surface area (Å²) >= 11 is 0. The highest BCUT2D eigenvalue weighted by atomic mass is 16.3. The number of hydrogen-bond acceptors (Lipinski definition) is 2. The quantitative estimate of drug-likeness (QED) is 0.608. The van der Waals surface area contributed by atoms with Crippen LogP contribution in [0.3, 0.4) is 0 Å². The van der Waals surface area contributed by atoms with E-state index in [1.54, 1.807) is 0 Å². The molecule has 0 saturated heterocycles. The van der Waals surface area contributed by atoms with Crippen molar-refractivity contribution in [3.05, 3.63) is 24.3 Å². The van der Waals surface area contributed by atoms with E-state index in [2.05, 4.69) is 40.3 Å². The van der Waals surface area contributed by atoms with Crippen molar-refractivity contribution in [2.75, 3.05) is 0 Å². The zero-order valence-electron chi connectivity index (χ0n) is 18.4. The lowest BCUT2D eigenvalue weighted by atomic mass is 9.47. The van der Waals surface area contributed by atoms with Crippen LogP contribution in [0.4, 0.5) is 0 Å². The molecular weight excluding hydrogens is 344 g/mol. The van der Waals surface area contributed by atoms with Gasteiger partial charge in [0.05, 0.1) is 6.10 Å². The molecule has 156 valence electrons. The molecule has 3 saturated carbocycles. The molecule has 4 aliphatic rings. The third-order valence-corrected chi connectivity index (χ3v) is 10.1. The van der Waals surface area contributed by atoms with Gasteiger partial charge in [-0.1, -0.05) is 45.4 Å². The minimum Gasteiger partial charge on any atom is -0.392 e. The molecule has 0 amide bonds. The van der Waals surface area contributed by atoms with Gasteiger partial charge >= 0.3 is 0 Å². The second-order valence-corrected chi connectivity index (χ2v) is 11.1. The predicted molar refractivity (Wildman–Crippen MR) is 115 cm³/mol. The Morgan fingerprint density at radius 3 is 2.64 bits per heavy atom. The first-order valence-electron chi connectivity index (χ1n) is 11.7. The van der Waals surface area contributed by atoms with Crippen LogP contribution < -0.4 is 0 Å². The van der Waals surface area contributed by atoms with Gasteiger partial charge < -0.3 is 5.11 Å². The van der Waals surface area contributed by atoms with E-state index >= 15 is 0 Å². The molecule has 4 aliphatic carbocycles. The predicted octanol–water partition coefficient (Wildman–Crippen LogP) is 5.95. The second kappa shape index (κ2) is 7.11. The number of rotatable bonds is 4. The summed E-state index contributed by atoms with van der Waals surface area (Å²) in [6.45, 7) is 13.3. The number of aliphatic hydroxyl groups is 1. The van der Waals surface area contributed by atoms with E-state index in [0.29, 0.717) is 29.5 Å². The van der Waals surface area contributed by atoms with Crippen LogP contribution in [0.1, 0.15) is 79.1 Å². The Bertz CT molecular complexity index is 678. The van der Waals surface area contributed by atoms with Gasteiger partial charge in [0.15, 0.2) is 0 Å². The number of fused-ring (bicyclic) bond motifs is 5. The first kappa shape index (κ1) is 20.4. The molecule has 1 N–H and O–H groups in total. The van der Waals surface area contributed by atoms with Gasteiger partial charge in [0.2, 0.25) is 0 Å². The monoisotopic (exact) mass is 384 g/mol. The standard InChI is InChI=1S/C26H40O2/c1-6-16(2)24(28)17(3)21-9-10-22-20-8-7-18-15-19(27)11-13-25(18,4)23(20)12-14-26(21,22)5/h6-7,16-17,20-24,28H,1,8-15H2,2-5H3/t16-,17-,20-,21?,22-,23-,24-,25-,26+/m0/s1. The zero-order chi connectivity index (χ0) is 20.3. The molecule has 0 aliphatic heterocycles. The molecule has 0 aromatic heterocycles. The molecule has 2 nitrogen and oxygen atoms in total. The van der Waals surface area contributed by atoms with Gasteiger partial charge in [-0.15, -0.1) is 6.58 Å². The molecule has 0 radical (unpaired) electrons. The maximum absolute atomic E-state index is 12.0. The summed E-state index contributed by atoms with van der Waals surface area (Å²) in [5.41, 5.74) is 2.08. The fourth-order valence-electron chi connectivity index (χ4n) is 8.24. The van der Waals surface area contributed by atoms with Crippen molar-refractivity contribution in [1.29, 1.82) is 0 Å². The Hall–Kier alpha value is -0.890. The van der Waals surface area contributed by atoms with Gasteiger partial charge in [-0.2, -0.15) is 0 Å². The number of carbonyl (C=O) groups excluding carboxylic acids is 1. The SMILES string of the molecule is C=C[C@H](C)[C@H](O)[C@@H](C)C1CC[C@H]2[C@@H]3CC=C4CC(=O)CC[C@]4(C)[C@H]3CC[C@]12C. The normalized spacial score (nSPS) is 45.9. The van der Waals surface area contributed by atoms with Gasteiger partial charge in [-0.3, -0.25) is 4.79 Å². The lowest BCUT2D eigenvalue weighted by Gasteiger charge is -2.58. The van der Waals surface area contributed by atoms with Crippen LogP contribution in [-0.4, -0.2) is 17.0 Å². The van der Waals surface area contributed by atoms with E-state index < -0.39 is 0 Å². The number of allylic oxidation sites excluding steroid dienone is 2. The van der Waals surface area contributed by atoms with Crippen LogP contribution in [0.15, 0.2) is 24.3 Å². The fourth-order valence-corrected chi connectivity index (χ4v) is 8.24. The summed E-state index contributed by atoms with van der Waals surface area (Å²) in [5.74, 6) is 3.85. The Labute approximate surface area is 171 Å². The maximum Gasteiger partial charge on any atom is 0.136 e. The van der Waals surface area contributed by atoms with Crippen LogP contribution in [0.5, 0.6) is 0 Å². The molecule has 0 aromatic carbocycles.